The van der Waals surface area contributed by atoms with Crippen molar-refractivity contribution in [1.82, 2.24) is 15.0 Å². The third-order valence-electron chi connectivity index (χ3n) is 5.98. The predicted octanol–water partition coefficient (Wildman–Crippen LogP) is 3.69. The Morgan fingerprint density at radius 2 is 1.45 bits per heavy atom. The molecule has 1 aromatic heterocycles. The Morgan fingerprint density at radius 3 is 1.97 bits per heavy atom. The van der Waals surface area contributed by atoms with Gasteiger partial charge in [-0.1, -0.05) is 25.7 Å². The zero-order valence-corrected chi connectivity index (χ0v) is 18.7. The summed E-state index contributed by atoms with van der Waals surface area (Å²) in [5.74, 6) is 1.49. The van der Waals surface area contributed by atoms with Crippen LogP contribution in [0.25, 0.3) is 0 Å². The van der Waals surface area contributed by atoms with Crippen molar-refractivity contribution >= 4 is 29.7 Å². The summed E-state index contributed by atoms with van der Waals surface area (Å²) in [6.45, 7) is 3.64. The van der Waals surface area contributed by atoms with Crippen LogP contribution in [0.2, 0.25) is 0 Å². The summed E-state index contributed by atoms with van der Waals surface area (Å²) in [6, 6.07) is 3.78. The summed E-state index contributed by atoms with van der Waals surface area (Å²) < 4.78 is 0. The van der Waals surface area contributed by atoms with Gasteiger partial charge in [0.1, 0.15) is 5.75 Å². The molecule has 1 aromatic carbocycles. The number of nitro benzene ring substituents is 1. The molecule has 2 aliphatic heterocycles. The highest BCUT2D eigenvalue weighted by atomic mass is 16.6. The lowest BCUT2D eigenvalue weighted by Crippen LogP contribution is -2.30. The molecule has 0 amide bonds. The molecule has 0 aliphatic carbocycles. The van der Waals surface area contributed by atoms with Crippen LogP contribution < -0.4 is 15.2 Å². The topological polar surface area (TPSA) is 133 Å². The van der Waals surface area contributed by atoms with Crippen LogP contribution in [-0.2, 0) is 0 Å². The number of aromatic hydroxyl groups is 1. The van der Waals surface area contributed by atoms with E-state index < -0.39 is 4.92 Å². The lowest BCUT2D eigenvalue weighted by atomic mass is 10.2. The van der Waals surface area contributed by atoms with Crippen LogP contribution in [-0.4, -0.2) is 57.4 Å². The van der Waals surface area contributed by atoms with Crippen LogP contribution in [0, 0.1) is 10.1 Å². The van der Waals surface area contributed by atoms with Crippen LogP contribution in [0.5, 0.6) is 5.75 Å². The maximum absolute atomic E-state index is 11.0. The van der Waals surface area contributed by atoms with Crippen LogP contribution in [0.1, 0.15) is 56.9 Å². The lowest BCUT2D eigenvalue weighted by Gasteiger charge is -2.24. The second-order valence-corrected chi connectivity index (χ2v) is 8.43. The summed E-state index contributed by atoms with van der Waals surface area (Å²) in [5, 5.41) is 25.1. The molecule has 2 N–H and O–H groups in total. The fraction of sp³-hybridized carbons (Fsp3) is 0.545. The van der Waals surface area contributed by atoms with Crippen molar-refractivity contribution in [2.45, 2.75) is 51.4 Å². The number of phenolic OH excluding ortho intramolecular Hbond substituents is 1. The highest BCUT2D eigenvalue weighted by Crippen LogP contribution is 2.23. The molecule has 4 rings (SSSR count). The lowest BCUT2D eigenvalue weighted by molar-refractivity contribution is -0.384. The van der Waals surface area contributed by atoms with Gasteiger partial charge in [-0.25, -0.2) is 5.43 Å². The monoisotopic (exact) mass is 454 g/mol. The minimum Gasteiger partial charge on any atom is -0.507 e. The van der Waals surface area contributed by atoms with Crippen molar-refractivity contribution in [3.05, 3.63) is 33.9 Å². The molecule has 176 valence electrons. The van der Waals surface area contributed by atoms with Gasteiger partial charge in [0, 0.05) is 43.9 Å². The van der Waals surface area contributed by atoms with Crippen molar-refractivity contribution < 1.29 is 10.0 Å². The van der Waals surface area contributed by atoms with E-state index in [-0.39, 0.29) is 17.0 Å². The van der Waals surface area contributed by atoms with E-state index in [1.807, 2.05) is 0 Å². The molecule has 33 heavy (non-hydrogen) atoms. The van der Waals surface area contributed by atoms with Gasteiger partial charge in [0.05, 0.1) is 11.1 Å². The summed E-state index contributed by atoms with van der Waals surface area (Å²) >= 11 is 0. The summed E-state index contributed by atoms with van der Waals surface area (Å²) in [5.41, 5.74) is 2.94. The number of nitrogens with zero attached hydrogens (tertiary/aromatic N) is 7. The van der Waals surface area contributed by atoms with Gasteiger partial charge in [0.25, 0.3) is 5.69 Å². The largest absolute Gasteiger partial charge is 0.507 e. The van der Waals surface area contributed by atoms with Gasteiger partial charge in [-0.15, -0.1) is 0 Å². The molecule has 0 spiro atoms. The Hall–Kier alpha value is -3.50. The van der Waals surface area contributed by atoms with Gasteiger partial charge in [-0.05, 0) is 31.7 Å². The smallest absolute Gasteiger partial charge is 0.270 e. The SMILES string of the molecule is O=[N+]([O-])c1ccc(O)c(/C=N\Nc2nc(N3CCCCCC3)nc(N3CCCCCC3)n2)c1. The molecule has 0 radical (unpaired) electrons. The van der Waals surface area contributed by atoms with Gasteiger partial charge < -0.3 is 14.9 Å². The molecule has 2 aromatic rings. The Kier molecular flexibility index (Phi) is 7.48. The first-order valence-corrected chi connectivity index (χ1v) is 11.6. The number of anilines is 3. The second kappa shape index (κ2) is 10.9. The van der Waals surface area contributed by atoms with E-state index in [1.165, 1.54) is 50.1 Å². The predicted molar refractivity (Wildman–Crippen MR) is 127 cm³/mol. The summed E-state index contributed by atoms with van der Waals surface area (Å²) in [4.78, 5) is 28.9. The average molecular weight is 455 g/mol. The molecule has 2 fully saturated rings. The molecule has 2 aliphatic rings. The highest BCUT2D eigenvalue weighted by Gasteiger charge is 2.19. The first-order valence-electron chi connectivity index (χ1n) is 11.6. The minimum atomic E-state index is -0.517. The molecule has 0 bridgehead atoms. The average Bonchev–Trinajstić information content (AvgIpc) is 3.26. The Bertz CT molecular complexity index is 945. The number of rotatable bonds is 6. The van der Waals surface area contributed by atoms with Gasteiger partial charge >= 0.3 is 0 Å². The number of nitrogens with one attached hydrogen (secondary N) is 1. The first kappa shape index (κ1) is 22.7. The summed E-state index contributed by atoms with van der Waals surface area (Å²) in [6.07, 6.45) is 10.6. The van der Waals surface area contributed by atoms with E-state index in [1.54, 1.807) is 0 Å². The molecular weight excluding hydrogens is 424 g/mol. The van der Waals surface area contributed by atoms with Crippen LogP contribution in [0.3, 0.4) is 0 Å². The molecule has 3 heterocycles. The Morgan fingerprint density at radius 1 is 0.909 bits per heavy atom. The molecule has 0 saturated carbocycles. The molecule has 0 unspecified atom stereocenters. The minimum absolute atomic E-state index is 0.0997. The molecule has 11 nitrogen and oxygen atoms in total. The van der Waals surface area contributed by atoms with E-state index >= 15 is 0 Å². The van der Waals surface area contributed by atoms with Crippen molar-refractivity contribution in [3.8, 4) is 5.75 Å². The van der Waals surface area contributed by atoms with E-state index in [2.05, 4.69) is 30.3 Å². The standard InChI is InChI=1S/C22H30N8O3/c31-19-10-9-18(30(32)33)15-17(19)16-23-27-20-24-21(28-11-5-1-2-6-12-28)26-22(25-20)29-13-7-3-4-8-14-29/h9-10,15-16,31H,1-8,11-14H2,(H,24,25,26,27)/b23-16-. The molecule has 0 atom stereocenters. The maximum Gasteiger partial charge on any atom is 0.270 e. The Balaban J connectivity index is 1.58. The van der Waals surface area contributed by atoms with Crippen molar-refractivity contribution in [1.29, 1.82) is 0 Å². The number of hydrogen-bond acceptors (Lipinski definition) is 10. The van der Waals surface area contributed by atoms with Crippen LogP contribution >= 0.6 is 0 Å². The number of hydrazone groups is 1. The highest BCUT2D eigenvalue weighted by molar-refractivity contribution is 5.84. The van der Waals surface area contributed by atoms with E-state index in [9.17, 15) is 15.2 Å². The first-order chi connectivity index (χ1) is 16.1. The van der Waals surface area contributed by atoms with Crippen molar-refractivity contribution in [2.75, 3.05) is 41.4 Å². The third-order valence-corrected chi connectivity index (χ3v) is 5.98. The van der Waals surface area contributed by atoms with Gasteiger partial charge in [0.15, 0.2) is 0 Å². The van der Waals surface area contributed by atoms with Crippen LogP contribution in [0.4, 0.5) is 23.5 Å². The number of nitro groups is 1. The third kappa shape index (κ3) is 6.05. The number of benzene rings is 1. The molecule has 11 heteroatoms. The number of aromatic nitrogens is 3. The second-order valence-electron chi connectivity index (χ2n) is 8.43. The number of non-ortho nitro benzene ring substituents is 1. The van der Waals surface area contributed by atoms with E-state index in [4.69, 9.17) is 4.98 Å². The fourth-order valence-electron chi connectivity index (χ4n) is 4.15. The maximum atomic E-state index is 11.0. The van der Waals surface area contributed by atoms with Crippen molar-refractivity contribution in [2.24, 2.45) is 5.10 Å². The van der Waals surface area contributed by atoms with Gasteiger partial charge in [-0.3, -0.25) is 10.1 Å². The van der Waals surface area contributed by atoms with Crippen molar-refractivity contribution in [3.63, 3.8) is 0 Å². The van der Waals surface area contributed by atoms with Crippen LogP contribution in [0.15, 0.2) is 23.3 Å². The van der Waals surface area contributed by atoms with Gasteiger partial charge in [0.2, 0.25) is 17.8 Å². The quantitative estimate of drug-likeness (QED) is 0.381. The normalized spacial score (nSPS) is 17.6. The zero-order valence-electron chi connectivity index (χ0n) is 18.7. The zero-order chi connectivity index (χ0) is 23.0. The van der Waals surface area contributed by atoms with E-state index in [0.29, 0.717) is 17.8 Å². The molecule has 2 saturated heterocycles. The number of hydrogen-bond donors (Lipinski definition) is 2. The molecular formula is C22H30N8O3. The van der Waals surface area contributed by atoms with Gasteiger partial charge in [-0.2, -0.15) is 20.1 Å². The summed E-state index contributed by atoms with van der Waals surface area (Å²) in [7, 11) is 0. The Labute approximate surface area is 192 Å². The number of phenols is 1. The fourth-order valence-corrected chi connectivity index (χ4v) is 4.15. The van der Waals surface area contributed by atoms with E-state index in [0.717, 1.165) is 51.9 Å².